The molecule has 0 aromatic rings. The number of fused-ring (bicyclic) bond motifs is 2. The summed E-state index contributed by atoms with van der Waals surface area (Å²) in [6, 6.07) is 0. The van der Waals surface area contributed by atoms with Crippen LogP contribution in [0.5, 0.6) is 0 Å². The van der Waals surface area contributed by atoms with Crippen molar-refractivity contribution in [1.29, 1.82) is 0 Å². The molecule has 3 atom stereocenters. The second-order valence-electron chi connectivity index (χ2n) is 7.65. The highest BCUT2D eigenvalue weighted by Crippen LogP contribution is 2.67. The lowest BCUT2D eigenvalue weighted by atomic mass is 9.67. The fourth-order valence-corrected chi connectivity index (χ4v) is 5.40. The number of rotatable bonds is 2. The van der Waals surface area contributed by atoms with Crippen LogP contribution in [0.3, 0.4) is 0 Å². The van der Waals surface area contributed by atoms with Crippen LogP contribution in [0.25, 0.3) is 0 Å². The van der Waals surface area contributed by atoms with E-state index in [1.165, 1.54) is 0 Å². The quantitative estimate of drug-likeness (QED) is 0.573. The van der Waals surface area contributed by atoms with Gasteiger partial charge >= 0.3 is 0 Å². The molecule has 126 valence electrons. The molecular weight excluding hydrogens is 312 g/mol. The highest BCUT2D eigenvalue weighted by Gasteiger charge is 2.64. The predicted octanol–water partition coefficient (Wildman–Crippen LogP) is 3.37. The smallest absolute Gasteiger partial charge is 0.294 e. The van der Waals surface area contributed by atoms with Crippen molar-refractivity contribution in [2.45, 2.75) is 40.5 Å². The summed E-state index contributed by atoms with van der Waals surface area (Å²) in [7, 11) is -2.54. The van der Waals surface area contributed by atoms with Gasteiger partial charge in [-0.25, -0.2) is 0 Å². The van der Waals surface area contributed by atoms with Gasteiger partial charge in [0.05, 0.1) is 12.0 Å². The van der Waals surface area contributed by atoms with Crippen LogP contribution < -0.4 is 0 Å². The molecule has 4 nitrogen and oxygen atoms in total. The van der Waals surface area contributed by atoms with Crippen LogP contribution in [-0.4, -0.2) is 21.3 Å². The van der Waals surface area contributed by atoms with Crippen molar-refractivity contribution < 1.29 is 17.4 Å². The summed E-state index contributed by atoms with van der Waals surface area (Å²) in [6.45, 7) is 8.49. The molecule has 23 heavy (non-hydrogen) atoms. The molecule has 0 heterocycles. The van der Waals surface area contributed by atoms with Crippen molar-refractivity contribution in [2.75, 3.05) is 7.11 Å². The van der Waals surface area contributed by atoms with Crippen LogP contribution in [0.15, 0.2) is 34.3 Å². The molecule has 0 aromatic carbocycles. The maximum atomic E-state index is 12.9. The number of hydrogen-bond donors (Lipinski definition) is 0. The standard InChI is InChI=1S/C18H24O4S/c1-11-10-12(23(20,21)22-5)6-7-13(11)15-16(19)14-8-9-18(15,4)17(14,2)3/h6-7,10-11,14H,8-9H2,1-5H3. The Labute approximate surface area is 138 Å². The fraction of sp³-hybridized carbons (Fsp3) is 0.611. The molecule has 5 heteroatoms. The Morgan fingerprint density at radius 2 is 1.87 bits per heavy atom. The van der Waals surface area contributed by atoms with E-state index in [-0.39, 0.29) is 33.4 Å². The van der Waals surface area contributed by atoms with Crippen LogP contribution in [-0.2, 0) is 19.1 Å². The van der Waals surface area contributed by atoms with Gasteiger partial charge in [-0.2, -0.15) is 8.42 Å². The van der Waals surface area contributed by atoms with Crippen molar-refractivity contribution in [1.82, 2.24) is 0 Å². The monoisotopic (exact) mass is 336 g/mol. The third-order valence-electron chi connectivity index (χ3n) is 6.47. The van der Waals surface area contributed by atoms with Gasteiger partial charge in [0.15, 0.2) is 5.78 Å². The molecular formula is C18H24O4S. The number of Topliss-reactive ketones (excluding diaryl/α,β-unsaturated/α-hetero) is 1. The number of allylic oxidation sites excluding steroid dienone is 5. The largest absolute Gasteiger partial charge is 0.296 e. The number of hydrogen-bond acceptors (Lipinski definition) is 4. The number of ketones is 1. The summed E-state index contributed by atoms with van der Waals surface area (Å²) in [5, 5.41) is 0. The SMILES string of the molecule is COS(=O)(=O)C1=CC(C)C(=C2C(=O)C3CCC2(C)C3(C)C)C=C1. The highest BCUT2D eigenvalue weighted by atomic mass is 32.2. The van der Waals surface area contributed by atoms with Crippen LogP contribution in [0.1, 0.15) is 40.5 Å². The molecule has 3 aliphatic rings. The van der Waals surface area contributed by atoms with Crippen molar-refractivity contribution in [3.8, 4) is 0 Å². The third-order valence-corrected chi connectivity index (χ3v) is 7.76. The summed E-state index contributed by atoms with van der Waals surface area (Å²) >= 11 is 0. The van der Waals surface area contributed by atoms with Crippen LogP contribution >= 0.6 is 0 Å². The minimum absolute atomic E-state index is 0.0391. The minimum atomic E-state index is -3.70. The van der Waals surface area contributed by atoms with E-state index in [4.69, 9.17) is 0 Å². The van der Waals surface area contributed by atoms with Crippen molar-refractivity contribution in [2.24, 2.45) is 22.7 Å². The molecule has 0 radical (unpaired) electrons. The van der Waals surface area contributed by atoms with Gasteiger partial charge in [0, 0.05) is 22.8 Å². The van der Waals surface area contributed by atoms with Crippen LogP contribution in [0.2, 0.25) is 0 Å². The van der Waals surface area contributed by atoms with E-state index in [2.05, 4.69) is 25.0 Å². The molecule has 2 bridgehead atoms. The molecule has 0 saturated heterocycles. The zero-order valence-electron chi connectivity index (χ0n) is 14.3. The maximum Gasteiger partial charge on any atom is 0.296 e. The van der Waals surface area contributed by atoms with E-state index in [9.17, 15) is 13.2 Å². The maximum absolute atomic E-state index is 12.9. The first-order valence-electron chi connectivity index (χ1n) is 8.05. The second kappa shape index (κ2) is 4.90. The first-order chi connectivity index (χ1) is 10.6. The molecule has 0 N–H and O–H groups in total. The predicted molar refractivity (Wildman–Crippen MR) is 89.0 cm³/mol. The normalized spacial score (nSPS) is 39.0. The average Bonchev–Trinajstić information content (AvgIpc) is 2.78. The van der Waals surface area contributed by atoms with Crippen LogP contribution in [0.4, 0.5) is 0 Å². The van der Waals surface area contributed by atoms with E-state index < -0.39 is 10.1 Å². The lowest BCUT2D eigenvalue weighted by Crippen LogP contribution is -2.29. The Balaban J connectivity index is 2.10. The van der Waals surface area contributed by atoms with Gasteiger partial charge in [-0.15, -0.1) is 0 Å². The van der Waals surface area contributed by atoms with Gasteiger partial charge in [-0.05, 0) is 29.9 Å². The molecule has 3 rings (SSSR count). The van der Waals surface area contributed by atoms with Crippen molar-refractivity contribution in [3.05, 3.63) is 34.3 Å². The Bertz CT molecular complexity index is 767. The summed E-state index contributed by atoms with van der Waals surface area (Å²) in [5.41, 5.74) is 1.70. The van der Waals surface area contributed by atoms with E-state index in [0.29, 0.717) is 0 Å². The molecule has 2 fully saturated rings. The molecule has 3 unspecified atom stereocenters. The van der Waals surface area contributed by atoms with Gasteiger partial charge < -0.3 is 0 Å². The van der Waals surface area contributed by atoms with Crippen molar-refractivity contribution in [3.63, 3.8) is 0 Å². The Kier molecular flexibility index (Phi) is 3.55. The molecule has 2 saturated carbocycles. The highest BCUT2D eigenvalue weighted by molar-refractivity contribution is 7.90. The lowest BCUT2D eigenvalue weighted by Gasteiger charge is -2.36. The summed E-state index contributed by atoms with van der Waals surface area (Å²) in [5.74, 6) is 0.219. The van der Waals surface area contributed by atoms with E-state index in [0.717, 1.165) is 31.1 Å². The first kappa shape index (κ1) is 16.7. The Morgan fingerprint density at radius 1 is 1.22 bits per heavy atom. The summed E-state index contributed by atoms with van der Waals surface area (Å²) < 4.78 is 28.3. The van der Waals surface area contributed by atoms with E-state index in [1.807, 2.05) is 6.92 Å². The molecule has 0 aromatic heterocycles. The van der Waals surface area contributed by atoms with Gasteiger partial charge in [0.25, 0.3) is 10.1 Å². The molecule has 0 spiro atoms. The van der Waals surface area contributed by atoms with Gasteiger partial charge in [0.1, 0.15) is 0 Å². The lowest BCUT2D eigenvalue weighted by molar-refractivity contribution is -0.119. The van der Waals surface area contributed by atoms with Gasteiger partial charge in [-0.1, -0.05) is 39.8 Å². The van der Waals surface area contributed by atoms with E-state index >= 15 is 0 Å². The second-order valence-corrected chi connectivity index (χ2v) is 9.36. The van der Waals surface area contributed by atoms with E-state index in [1.54, 1.807) is 18.2 Å². The first-order valence-corrected chi connectivity index (χ1v) is 9.46. The number of carbonyl (C=O) groups is 1. The summed E-state index contributed by atoms with van der Waals surface area (Å²) in [6.07, 6.45) is 7.00. The van der Waals surface area contributed by atoms with Gasteiger partial charge in [-0.3, -0.25) is 8.98 Å². The molecule has 3 aliphatic carbocycles. The fourth-order valence-electron chi connectivity index (χ4n) is 4.60. The number of carbonyl (C=O) groups excluding carboxylic acids is 1. The Hall–Kier alpha value is -1.20. The van der Waals surface area contributed by atoms with Gasteiger partial charge in [0.2, 0.25) is 0 Å². The topological polar surface area (TPSA) is 60.4 Å². The molecule has 0 aliphatic heterocycles. The zero-order valence-corrected chi connectivity index (χ0v) is 15.2. The summed E-state index contributed by atoms with van der Waals surface area (Å²) in [4.78, 5) is 13.1. The Morgan fingerprint density at radius 3 is 2.35 bits per heavy atom. The third kappa shape index (κ3) is 2.06. The van der Waals surface area contributed by atoms with Crippen molar-refractivity contribution >= 4 is 15.9 Å². The molecule has 0 amide bonds. The zero-order chi connectivity index (χ0) is 17.2. The average molecular weight is 336 g/mol. The minimum Gasteiger partial charge on any atom is -0.294 e. The van der Waals surface area contributed by atoms with Crippen LogP contribution in [0, 0.1) is 22.7 Å².